The fraction of sp³-hybridized carbons (Fsp3) is 0.647. The molecule has 0 radical (unpaired) electrons. The van der Waals surface area contributed by atoms with Crippen molar-refractivity contribution in [3.63, 3.8) is 0 Å². The number of hydrogen-bond acceptors (Lipinski definition) is 3. The molecule has 0 atom stereocenters. The van der Waals surface area contributed by atoms with E-state index in [1.54, 1.807) is 0 Å². The van der Waals surface area contributed by atoms with Gasteiger partial charge in [0.1, 0.15) is 0 Å². The Labute approximate surface area is 130 Å². The molecule has 0 aromatic heterocycles. The fourth-order valence-electron chi connectivity index (χ4n) is 3.94. The Morgan fingerprint density at radius 2 is 1.43 bits per heavy atom. The minimum absolute atomic E-state index is 0.0641. The molecule has 3 nitrogen and oxygen atoms in total. The second kappa shape index (κ2) is 5.24. The van der Waals surface area contributed by atoms with Crippen LogP contribution in [0.2, 0.25) is 5.02 Å². The number of halogens is 1. The van der Waals surface area contributed by atoms with E-state index in [-0.39, 0.29) is 5.41 Å². The number of rotatable bonds is 2. The Hall–Kier alpha value is -0.610. The third-order valence-corrected chi connectivity index (χ3v) is 5.57. The minimum Gasteiger partial charge on any atom is -0.323 e. The first-order valence-corrected chi connectivity index (χ1v) is 8.28. The molecule has 1 aliphatic carbocycles. The molecule has 1 saturated carbocycles. The lowest BCUT2D eigenvalue weighted by Crippen LogP contribution is -2.61. The largest absolute Gasteiger partial charge is 0.323 e. The molecule has 3 saturated heterocycles. The van der Waals surface area contributed by atoms with Crippen LogP contribution < -0.4 is 0 Å². The first-order chi connectivity index (χ1) is 10.2. The Morgan fingerprint density at radius 3 is 2.00 bits per heavy atom. The van der Waals surface area contributed by atoms with Gasteiger partial charge in [0.15, 0.2) is 0 Å². The molecule has 0 amide bonds. The van der Waals surface area contributed by atoms with Gasteiger partial charge < -0.3 is 14.2 Å². The third kappa shape index (κ3) is 2.31. The lowest BCUT2D eigenvalue weighted by molar-refractivity contribution is -0.486. The van der Waals surface area contributed by atoms with Crippen molar-refractivity contribution in [2.75, 3.05) is 19.8 Å². The van der Waals surface area contributed by atoms with E-state index in [1.165, 1.54) is 32.1 Å². The summed E-state index contributed by atoms with van der Waals surface area (Å²) in [7, 11) is 0. The van der Waals surface area contributed by atoms with Crippen molar-refractivity contribution in [3.8, 4) is 0 Å². The number of benzene rings is 1. The molecule has 3 aliphatic heterocycles. The van der Waals surface area contributed by atoms with Gasteiger partial charge in [-0.2, -0.15) is 0 Å². The molecule has 21 heavy (non-hydrogen) atoms. The maximum Gasteiger partial charge on any atom is 0.312 e. The van der Waals surface area contributed by atoms with Crippen LogP contribution in [0.3, 0.4) is 0 Å². The molecule has 4 fully saturated rings. The van der Waals surface area contributed by atoms with Crippen molar-refractivity contribution in [1.29, 1.82) is 0 Å². The van der Waals surface area contributed by atoms with Crippen LogP contribution in [0.4, 0.5) is 0 Å². The summed E-state index contributed by atoms with van der Waals surface area (Å²) in [6.07, 6.45) is 6.58. The van der Waals surface area contributed by atoms with Crippen molar-refractivity contribution in [2.45, 2.75) is 38.1 Å². The van der Waals surface area contributed by atoms with Gasteiger partial charge in [0.25, 0.3) is 0 Å². The van der Waals surface area contributed by atoms with Crippen molar-refractivity contribution in [2.24, 2.45) is 11.3 Å². The van der Waals surface area contributed by atoms with Gasteiger partial charge >= 0.3 is 5.97 Å². The third-order valence-electron chi connectivity index (χ3n) is 5.32. The van der Waals surface area contributed by atoms with Gasteiger partial charge in [0, 0.05) is 16.0 Å². The lowest BCUT2D eigenvalue weighted by atomic mass is 9.69. The van der Waals surface area contributed by atoms with Crippen LogP contribution in [0, 0.1) is 11.3 Å². The van der Waals surface area contributed by atoms with Gasteiger partial charge in [0.05, 0.1) is 19.8 Å². The van der Waals surface area contributed by atoms with Crippen LogP contribution in [0.15, 0.2) is 24.3 Å². The molecule has 4 heteroatoms. The van der Waals surface area contributed by atoms with Crippen molar-refractivity contribution >= 4 is 11.6 Å². The van der Waals surface area contributed by atoms with E-state index >= 15 is 0 Å². The summed E-state index contributed by atoms with van der Waals surface area (Å²) < 4.78 is 18.2. The second-order valence-electron chi connectivity index (χ2n) is 6.63. The van der Waals surface area contributed by atoms with Gasteiger partial charge in [-0.25, -0.2) is 0 Å². The molecular formula is C17H21ClO3. The fourth-order valence-corrected chi connectivity index (χ4v) is 4.06. The Kier molecular flexibility index (Phi) is 3.49. The zero-order chi connectivity index (χ0) is 14.3. The standard InChI is InChI=1S/C17H21ClO3/c18-15-8-6-14(7-9-15)17-19-10-16(11-20-17,12-21-17)13-4-2-1-3-5-13/h6-9,13H,1-5,10-12H2. The number of hydrogen-bond donors (Lipinski definition) is 0. The minimum atomic E-state index is -1.01. The first-order valence-electron chi connectivity index (χ1n) is 7.90. The van der Waals surface area contributed by atoms with E-state index in [1.807, 2.05) is 24.3 Å². The van der Waals surface area contributed by atoms with Crippen LogP contribution in [0.5, 0.6) is 0 Å². The summed E-state index contributed by atoms with van der Waals surface area (Å²) >= 11 is 5.95. The van der Waals surface area contributed by atoms with Crippen LogP contribution in [0.25, 0.3) is 0 Å². The predicted octanol–water partition coefficient (Wildman–Crippen LogP) is 4.09. The zero-order valence-electron chi connectivity index (χ0n) is 12.1. The molecular weight excluding hydrogens is 288 g/mol. The van der Waals surface area contributed by atoms with Crippen LogP contribution in [0.1, 0.15) is 37.7 Å². The molecule has 5 rings (SSSR count). The summed E-state index contributed by atoms with van der Waals surface area (Å²) in [5.41, 5.74) is 0.957. The first kappa shape index (κ1) is 14.0. The highest BCUT2D eigenvalue weighted by Gasteiger charge is 2.56. The van der Waals surface area contributed by atoms with E-state index in [0.717, 1.165) is 25.4 Å². The molecule has 0 unspecified atom stereocenters. The second-order valence-corrected chi connectivity index (χ2v) is 7.06. The summed E-state index contributed by atoms with van der Waals surface area (Å²) in [5.74, 6) is -0.337. The summed E-state index contributed by atoms with van der Waals surface area (Å²) in [4.78, 5) is 0. The highest BCUT2D eigenvalue weighted by molar-refractivity contribution is 6.30. The van der Waals surface area contributed by atoms with E-state index in [0.29, 0.717) is 10.9 Å². The Balaban J connectivity index is 1.53. The van der Waals surface area contributed by atoms with E-state index in [4.69, 9.17) is 25.8 Å². The maximum atomic E-state index is 6.06. The summed E-state index contributed by atoms with van der Waals surface area (Å²) in [6.45, 7) is 2.21. The van der Waals surface area contributed by atoms with E-state index < -0.39 is 5.97 Å². The van der Waals surface area contributed by atoms with Gasteiger partial charge in [-0.05, 0) is 43.0 Å². The maximum absolute atomic E-state index is 6.06. The van der Waals surface area contributed by atoms with Gasteiger partial charge in [-0.1, -0.05) is 30.9 Å². The van der Waals surface area contributed by atoms with Gasteiger partial charge in [-0.15, -0.1) is 0 Å². The average Bonchev–Trinajstić information content (AvgIpc) is 2.58. The normalized spacial score (nSPS) is 36.8. The molecule has 0 spiro atoms. The SMILES string of the molecule is Clc1ccc(C23OCC(C4CCCCC4)(CO2)CO3)cc1. The Morgan fingerprint density at radius 1 is 0.857 bits per heavy atom. The highest BCUT2D eigenvalue weighted by Crippen LogP contribution is 2.50. The zero-order valence-corrected chi connectivity index (χ0v) is 12.9. The van der Waals surface area contributed by atoms with Crippen molar-refractivity contribution < 1.29 is 14.2 Å². The van der Waals surface area contributed by atoms with E-state index in [2.05, 4.69) is 0 Å². The monoisotopic (exact) mass is 308 g/mol. The highest BCUT2D eigenvalue weighted by atomic mass is 35.5. The average molecular weight is 309 g/mol. The topological polar surface area (TPSA) is 27.7 Å². The molecule has 1 aromatic rings. The van der Waals surface area contributed by atoms with Gasteiger partial charge in [0.2, 0.25) is 0 Å². The molecule has 114 valence electrons. The molecule has 3 heterocycles. The van der Waals surface area contributed by atoms with Crippen molar-refractivity contribution in [1.82, 2.24) is 0 Å². The number of ether oxygens (including phenoxy) is 3. The molecule has 4 aliphatic rings. The lowest BCUT2D eigenvalue weighted by Gasteiger charge is -2.55. The Bertz CT molecular complexity index is 483. The van der Waals surface area contributed by atoms with Crippen LogP contribution in [-0.4, -0.2) is 19.8 Å². The van der Waals surface area contributed by atoms with Crippen LogP contribution >= 0.6 is 11.6 Å². The quantitative estimate of drug-likeness (QED) is 0.823. The smallest absolute Gasteiger partial charge is 0.312 e. The number of fused-ring (bicyclic) bond motifs is 3. The van der Waals surface area contributed by atoms with E-state index in [9.17, 15) is 0 Å². The predicted molar refractivity (Wildman–Crippen MR) is 80.0 cm³/mol. The van der Waals surface area contributed by atoms with Crippen LogP contribution in [-0.2, 0) is 20.2 Å². The molecule has 1 aromatic carbocycles. The summed E-state index contributed by atoms with van der Waals surface area (Å²) in [6, 6.07) is 7.53. The molecule has 0 N–H and O–H groups in total. The molecule has 2 bridgehead atoms. The van der Waals surface area contributed by atoms with Gasteiger partial charge in [-0.3, -0.25) is 0 Å². The summed E-state index contributed by atoms with van der Waals surface area (Å²) in [5, 5.41) is 0.707. The van der Waals surface area contributed by atoms with Crippen molar-refractivity contribution in [3.05, 3.63) is 34.9 Å².